The van der Waals surface area contributed by atoms with Gasteiger partial charge in [0.25, 0.3) is 0 Å². The molecule has 2 rings (SSSR count). The molecule has 6 heteroatoms. The van der Waals surface area contributed by atoms with Crippen LogP contribution in [0.4, 0.5) is 11.6 Å². The lowest BCUT2D eigenvalue weighted by Crippen LogP contribution is -2.28. The normalized spacial score (nSPS) is 11.3. The third-order valence-electron chi connectivity index (χ3n) is 4.36. The van der Waals surface area contributed by atoms with E-state index in [1.807, 2.05) is 62.2 Å². The minimum atomic E-state index is -0.675. The highest BCUT2D eigenvalue weighted by atomic mass is 15.2. The van der Waals surface area contributed by atoms with Crippen LogP contribution in [0.3, 0.4) is 0 Å². The molecule has 0 bridgehead atoms. The van der Waals surface area contributed by atoms with Gasteiger partial charge in [0.1, 0.15) is 34.9 Å². The van der Waals surface area contributed by atoms with Gasteiger partial charge in [-0.05, 0) is 25.8 Å². The molecule has 0 spiro atoms. The molecule has 0 saturated carbocycles. The van der Waals surface area contributed by atoms with Crippen LogP contribution in [0.25, 0.3) is 0 Å². The fourth-order valence-corrected chi connectivity index (χ4v) is 2.75. The molecule has 6 nitrogen and oxygen atoms in total. The van der Waals surface area contributed by atoms with E-state index in [-0.39, 0.29) is 23.0 Å². The lowest BCUT2D eigenvalue weighted by molar-refractivity contribution is 0.739. The van der Waals surface area contributed by atoms with Crippen LogP contribution in [0.2, 0.25) is 0 Å². The Labute approximate surface area is 153 Å². The van der Waals surface area contributed by atoms with E-state index in [0.717, 1.165) is 5.56 Å². The number of benzene rings is 1. The molecule has 0 aliphatic rings. The summed E-state index contributed by atoms with van der Waals surface area (Å²) in [5, 5.41) is 29.1. The zero-order chi connectivity index (χ0) is 19.3. The zero-order valence-electron chi connectivity index (χ0n) is 15.1. The first-order valence-corrected chi connectivity index (χ1v) is 8.24. The molecule has 26 heavy (non-hydrogen) atoms. The monoisotopic (exact) mass is 344 g/mol. The van der Waals surface area contributed by atoms with Gasteiger partial charge in [-0.1, -0.05) is 30.3 Å². The Bertz CT molecular complexity index is 913. The third-order valence-corrected chi connectivity index (χ3v) is 4.36. The van der Waals surface area contributed by atoms with Crippen LogP contribution in [0.15, 0.2) is 30.3 Å². The molecule has 1 atom stereocenters. The summed E-state index contributed by atoms with van der Waals surface area (Å²) in [6, 6.07) is 16.0. The Kier molecular flexibility index (Phi) is 5.78. The topological polar surface area (TPSA) is 114 Å². The van der Waals surface area contributed by atoms with Gasteiger partial charge in [0.15, 0.2) is 0 Å². The molecule has 0 radical (unpaired) electrons. The van der Waals surface area contributed by atoms with E-state index in [0.29, 0.717) is 17.8 Å². The van der Waals surface area contributed by atoms with Gasteiger partial charge < -0.3 is 10.6 Å². The van der Waals surface area contributed by atoms with Crippen LogP contribution in [-0.4, -0.2) is 18.1 Å². The average molecular weight is 344 g/mol. The van der Waals surface area contributed by atoms with Gasteiger partial charge in [-0.25, -0.2) is 4.98 Å². The molecule has 1 aromatic carbocycles. The van der Waals surface area contributed by atoms with Gasteiger partial charge in [-0.15, -0.1) is 0 Å². The summed E-state index contributed by atoms with van der Waals surface area (Å²) in [6.07, 6.45) is 0.384. The average Bonchev–Trinajstić information content (AvgIpc) is 2.65. The fourth-order valence-electron chi connectivity index (χ4n) is 2.75. The van der Waals surface area contributed by atoms with E-state index in [1.165, 1.54) is 0 Å². The maximum absolute atomic E-state index is 9.77. The highest BCUT2D eigenvalue weighted by Crippen LogP contribution is 2.34. The predicted molar refractivity (Wildman–Crippen MR) is 100 cm³/mol. The lowest BCUT2D eigenvalue weighted by atomic mass is 9.87. The molecule has 0 aliphatic carbocycles. The van der Waals surface area contributed by atoms with Crippen molar-refractivity contribution in [3.05, 3.63) is 52.6 Å². The van der Waals surface area contributed by atoms with Gasteiger partial charge >= 0.3 is 0 Å². The van der Waals surface area contributed by atoms with Crippen molar-refractivity contribution >= 4 is 11.6 Å². The van der Waals surface area contributed by atoms with Crippen LogP contribution in [0.1, 0.15) is 42.0 Å². The van der Waals surface area contributed by atoms with Gasteiger partial charge in [0.2, 0.25) is 0 Å². The fraction of sp³-hybridized carbons (Fsp3) is 0.300. The number of hydrogen-bond acceptors (Lipinski definition) is 6. The van der Waals surface area contributed by atoms with Gasteiger partial charge in [0, 0.05) is 18.7 Å². The molecule has 0 fully saturated rings. The minimum Gasteiger partial charge on any atom is -0.383 e. The summed E-state index contributed by atoms with van der Waals surface area (Å²) < 4.78 is 0. The van der Waals surface area contributed by atoms with Crippen LogP contribution in [0.5, 0.6) is 0 Å². The highest BCUT2D eigenvalue weighted by molar-refractivity contribution is 5.70. The Morgan fingerprint density at radius 1 is 1.08 bits per heavy atom. The number of rotatable bonds is 5. The highest BCUT2D eigenvalue weighted by Gasteiger charge is 2.27. The Morgan fingerprint density at radius 3 is 2.19 bits per heavy atom. The number of hydrogen-bond donors (Lipinski definition) is 1. The summed E-state index contributed by atoms with van der Waals surface area (Å²) >= 11 is 0. The van der Waals surface area contributed by atoms with Crippen molar-refractivity contribution in [2.75, 3.05) is 17.7 Å². The maximum atomic E-state index is 9.77. The van der Waals surface area contributed by atoms with Crippen molar-refractivity contribution in [1.29, 1.82) is 15.8 Å². The molecule has 0 saturated heterocycles. The van der Waals surface area contributed by atoms with Crippen LogP contribution in [-0.2, 0) is 6.42 Å². The molecule has 1 unspecified atom stereocenters. The van der Waals surface area contributed by atoms with Crippen LogP contribution in [0, 0.1) is 34.0 Å². The molecular formula is C20H20N6. The van der Waals surface area contributed by atoms with Crippen molar-refractivity contribution < 1.29 is 0 Å². The molecule has 130 valence electrons. The Morgan fingerprint density at radius 2 is 1.69 bits per heavy atom. The number of nitriles is 3. The van der Waals surface area contributed by atoms with E-state index < -0.39 is 5.92 Å². The second kappa shape index (κ2) is 8.01. The molecule has 2 aromatic rings. The van der Waals surface area contributed by atoms with Crippen molar-refractivity contribution in [3.8, 4) is 18.2 Å². The van der Waals surface area contributed by atoms with Crippen molar-refractivity contribution in [3.63, 3.8) is 0 Å². The standard InChI is InChI=1S/C20H20N6/c1-13(2)26(3)20-17(12-23)18(16(11-22)19(24)25-20)15(10-21)9-14-7-5-4-6-8-14/h4-8,13,15H,9H2,1-3H3,(H2,24,25). The van der Waals surface area contributed by atoms with E-state index in [4.69, 9.17) is 5.73 Å². The van der Waals surface area contributed by atoms with E-state index in [2.05, 4.69) is 17.1 Å². The van der Waals surface area contributed by atoms with Crippen LogP contribution >= 0.6 is 0 Å². The van der Waals surface area contributed by atoms with Crippen LogP contribution < -0.4 is 10.6 Å². The number of nitrogens with two attached hydrogens (primary N) is 1. The molecule has 1 aromatic heterocycles. The summed E-state index contributed by atoms with van der Waals surface area (Å²) in [5.41, 5.74) is 7.64. The lowest BCUT2D eigenvalue weighted by Gasteiger charge is -2.26. The maximum Gasteiger partial charge on any atom is 0.149 e. The first-order valence-electron chi connectivity index (χ1n) is 8.24. The predicted octanol–water partition coefficient (Wildman–Crippen LogP) is 3.10. The van der Waals surface area contributed by atoms with E-state index in [1.54, 1.807) is 0 Å². The quantitative estimate of drug-likeness (QED) is 0.891. The van der Waals surface area contributed by atoms with E-state index >= 15 is 0 Å². The molecule has 2 N–H and O–H groups in total. The number of aromatic nitrogens is 1. The summed E-state index contributed by atoms with van der Waals surface area (Å²) in [7, 11) is 1.81. The molecule has 1 heterocycles. The second-order valence-electron chi connectivity index (χ2n) is 6.28. The van der Waals surface area contributed by atoms with Gasteiger partial charge in [-0.2, -0.15) is 15.8 Å². The Balaban J connectivity index is 2.70. The van der Waals surface area contributed by atoms with Crippen molar-refractivity contribution in [2.45, 2.75) is 32.2 Å². The zero-order valence-corrected chi connectivity index (χ0v) is 15.1. The first kappa shape index (κ1) is 18.8. The third kappa shape index (κ3) is 3.58. The molecule has 0 amide bonds. The summed E-state index contributed by atoms with van der Waals surface area (Å²) in [6.45, 7) is 3.92. The smallest absolute Gasteiger partial charge is 0.149 e. The number of nitrogen functional groups attached to an aromatic ring is 1. The first-order chi connectivity index (χ1) is 12.4. The second-order valence-corrected chi connectivity index (χ2v) is 6.28. The SMILES string of the molecule is CC(C)N(C)c1nc(N)c(C#N)c(C(C#N)Cc2ccccc2)c1C#N. The van der Waals surface area contributed by atoms with Crippen molar-refractivity contribution in [1.82, 2.24) is 4.98 Å². The number of pyridine rings is 1. The molecular weight excluding hydrogens is 324 g/mol. The minimum absolute atomic E-state index is 0.0392. The molecule has 0 aliphatic heterocycles. The van der Waals surface area contributed by atoms with Gasteiger partial charge in [-0.3, -0.25) is 0 Å². The van der Waals surface area contributed by atoms with Gasteiger partial charge in [0.05, 0.1) is 12.0 Å². The summed E-state index contributed by atoms with van der Waals surface area (Å²) in [4.78, 5) is 6.09. The number of nitrogens with zero attached hydrogens (tertiary/aromatic N) is 5. The van der Waals surface area contributed by atoms with E-state index in [9.17, 15) is 15.8 Å². The van der Waals surface area contributed by atoms with Crippen molar-refractivity contribution in [2.24, 2.45) is 0 Å². The largest absolute Gasteiger partial charge is 0.383 e. The summed E-state index contributed by atoms with van der Waals surface area (Å²) in [5.74, 6) is -0.245. The Hall–Kier alpha value is -3.56. The number of anilines is 2.